The summed E-state index contributed by atoms with van der Waals surface area (Å²) < 4.78 is 10.8. The fourth-order valence-electron chi connectivity index (χ4n) is 2.90. The van der Waals surface area contributed by atoms with Crippen molar-refractivity contribution in [2.24, 2.45) is 4.99 Å². The van der Waals surface area contributed by atoms with Gasteiger partial charge in [0.25, 0.3) is 0 Å². The topological polar surface area (TPSA) is 71.0 Å². The van der Waals surface area contributed by atoms with Crippen molar-refractivity contribution < 1.29 is 9.47 Å². The molecule has 0 bridgehead atoms. The highest BCUT2D eigenvalue weighted by molar-refractivity contribution is 7.09. The van der Waals surface area contributed by atoms with E-state index in [-0.39, 0.29) is 6.04 Å². The molecule has 0 spiro atoms. The van der Waals surface area contributed by atoms with Gasteiger partial charge in [-0.25, -0.2) is 4.98 Å². The van der Waals surface area contributed by atoms with Crippen molar-refractivity contribution >= 4 is 17.3 Å². The van der Waals surface area contributed by atoms with Gasteiger partial charge in [0, 0.05) is 31.9 Å². The number of hydrogen-bond donors (Lipinski definition) is 2. The van der Waals surface area contributed by atoms with Crippen LogP contribution in [0.5, 0.6) is 11.5 Å². The van der Waals surface area contributed by atoms with Crippen LogP contribution in [0.3, 0.4) is 0 Å². The minimum Gasteiger partial charge on any atom is -0.493 e. The van der Waals surface area contributed by atoms with Gasteiger partial charge in [0.05, 0.1) is 31.0 Å². The third-order valence-electron chi connectivity index (χ3n) is 4.44. The average molecular weight is 406 g/mol. The number of methoxy groups -OCH3 is 2. The second-order valence-corrected chi connectivity index (χ2v) is 7.64. The van der Waals surface area contributed by atoms with Crippen LogP contribution in [0.4, 0.5) is 0 Å². The molecule has 1 aromatic heterocycles. The normalized spacial score (nSPS) is 12.8. The van der Waals surface area contributed by atoms with Gasteiger partial charge < -0.3 is 25.0 Å². The summed E-state index contributed by atoms with van der Waals surface area (Å²) in [7, 11) is 9.20. The predicted octanol–water partition coefficient (Wildman–Crippen LogP) is 2.48. The fraction of sp³-hybridized carbons (Fsp3) is 0.500. The quantitative estimate of drug-likeness (QED) is 0.493. The zero-order valence-electron chi connectivity index (χ0n) is 17.6. The third-order valence-corrected chi connectivity index (χ3v) is 5.26. The van der Waals surface area contributed by atoms with Gasteiger partial charge in [-0.05, 0) is 38.7 Å². The van der Waals surface area contributed by atoms with Crippen molar-refractivity contribution in [2.45, 2.75) is 19.4 Å². The number of guanidine groups is 1. The predicted molar refractivity (Wildman–Crippen MR) is 116 cm³/mol. The highest BCUT2D eigenvalue weighted by Crippen LogP contribution is 2.31. The summed E-state index contributed by atoms with van der Waals surface area (Å²) in [6, 6.07) is 6.17. The Hall–Kier alpha value is -2.32. The minimum absolute atomic E-state index is 0.152. The van der Waals surface area contributed by atoms with Crippen molar-refractivity contribution in [3.05, 3.63) is 39.8 Å². The van der Waals surface area contributed by atoms with Crippen molar-refractivity contribution in [3.63, 3.8) is 0 Å². The molecule has 0 aliphatic rings. The third kappa shape index (κ3) is 6.10. The number of nitrogens with one attached hydrogen (secondary N) is 2. The van der Waals surface area contributed by atoms with E-state index in [2.05, 4.69) is 51.1 Å². The fourth-order valence-corrected chi connectivity index (χ4v) is 3.55. The summed E-state index contributed by atoms with van der Waals surface area (Å²) in [6.45, 7) is 3.52. The molecular formula is C20H31N5O2S. The zero-order valence-corrected chi connectivity index (χ0v) is 18.4. The first-order chi connectivity index (χ1) is 13.5. The summed E-state index contributed by atoms with van der Waals surface area (Å²) >= 11 is 1.68. The van der Waals surface area contributed by atoms with Crippen molar-refractivity contribution in [2.75, 3.05) is 48.5 Å². The van der Waals surface area contributed by atoms with Crippen molar-refractivity contribution in [1.82, 2.24) is 20.5 Å². The van der Waals surface area contributed by atoms with E-state index in [9.17, 15) is 0 Å². The zero-order chi connectivity index (χ0) is 20.5. The molecule has 7 nitrogen and oxygen atoms in total. The smallest absolute Gasteiger partial charge is 0.191 e. The number of rotatable bonds is 9. The Balaban J connectivity index is 1.95. The van der Waals surface area contributed by atoms with Crippen molar-refractivity contribution in [3.8, 4) is 11.5 Å². The Kier molecular flexibility index (Phi) is 8.53. The number of benzene rings is 1. The van der Waals surface area contributed by atoms with E-state index in [0.717, 1.165) is 46.7 Å². The summed E-state index contributed by atoms with van der Waals surface area (Å²) in [4.78, 5) is 11.0. The number of aryl methyl sites for hydroxylation is 1. The molecule has 2 N–H and O–H groups in total. The van der Waals surface area contributed by atoms with E-state index in [0.29, 0.717) is 6.54 Å². The van der Waals surface area contributed by atoms with Gasteiger partial charge in [-0.1, -0.05) is 6.07 Å². The second kappa shape index (κ2) is 10.9. The molecule has 0 amide bonds. The molecule has 154 valence electrons. The Morgan fingerprint density at radius 1 is 1.21 bits per heavy atom. The average Bonchev–Trinajstić information content (AvgIpc) is 3.11. The lowest BCUT2D eigenvalue weighted by Gasteiger charge is -2.26. The van der Waals surface area contributed by atoms with E-state index in [1.165, 1.54) is 0 Å². The first-order valence-corrected chi connectivity index (χ1v) is 10.1. The van der Waals surface area contributed by atoms with Gasteiger partial charge >= 0.3 is 0 Å². The Bertz CT molecular complexity index is 776. The summed E-state index contributed by atoms with van der Waals surface area (Å²) in [5, 5.41) is 9.97. The summed E-state index contributed by atoms with van der Waals surface area (Å²) in [5.74, 6) is 2.23. The molecule has 0 aliphatic heterocycles. The molecule has 0 radical (unpaired) electrons. The number of aromatic nitrogens is 1. The van der Waals surface area contributed by atoms with Gasteiger partial charge in [-0.2, -0.15) is 0 Å². The first-order valence-electron chi connectivity index (χ1n) is 9.22. The Labute approximate surface area is 171 Å². The van der Waals surface area contributed by atoms with E-state index in [1.54, 1.807) is 32.6 Å². The lowest BCUT2D eigenvalue weighted by atomic mass is 10.1. The molecule has 2 rings (SSSR count). The molecule has 0 saturated carbocycles. The van der Waals surface area contributed by atoms with Gasteiger partial charge in [-0.3, -0.25) is 4.99 Å². The monoisotopic (exact) mass is 405 g/mol. The maximum Gasteiger partial charge on any atom is 0.191 e. The van der Waals surface area contributed by atoms with Crippen LogP contribution >= 0.6 is 11.3 Å². The molecule has 1 unspecified atom stereocenters. The number of hydrogen-bond acceptors (Lipinski definition) is 6. The second-order valence-electron chi connectivity index (χ2n) is 6.58. The van der Waals surface area contributed by atoms with Crippen LogP contribution in [0.15, 0.2) is 28.6 Å². The van der Waals surface area contributed by atoms with Crippen molar-refractivity contribution in [1.29, 1.82) is 0 Å². The molecule has 1 heterocycles. The lowest BCUT2D eigenvalue weighted by Crippen LogP contribution is -2.42. The number of likely N-dealkylation sites (N-methyl/N-ethyl adjacent to an activating group) is 1. The van der Waals surface area contributed by atoms with E-state index < -0.39 is 0 Å². The molecule has 2 aromatic rings. The highest BCUT2D eigenvalue weighted by Gasteiger charge is 2.17. The van der Waals surface area contributed by atoms with Crippen LogP contribution in [-0.4, -0.2) is 64.3 Å². The van der Waals surface area contributed by atoms with Gasteiger partial charge in [-0.15, -0.1) is 11.3 Å². The number of aliphatic imine (C=N–C) groups is 1. The highest BCUT2D eigenvalue weighted by atomic mass is 32.1. The van der Waals surface area contributed by atoms with Crippen LogP contribution in [-0.2, 0) is 6.42 Å². The summed E-state index contributed by atoms with van der Waals surface area (Å²) in [5.41, 5.74) is 2.26. The van der Waals surface area contributed by atoms with E-state index in [4.69, 9.17) is 9.47 Å². The molecule has 8 heteroatoms. The van der Waals surface area contributed by atoms with E-state index >= 15 is 0 Å². The number of ether oxygens (including phenoxy) is 2. The molecular weight excluding hydrogens is 374 g/mol. The number of thiazole rings is 1. The molecule has 0 fully saturated rings. The molecule has 0 aliphatic carbocycles. The van der Waals surface area contributed by atoms with Crippen LogP contribution in [0.25, 0.3) is 0 Å². The van der Waals surface area contributed by atoms with Crippen LogP contribution in [0.2, 0.25) is 0 Å². The Morgan fingerprint density at radius 3 is 2.54 bits per heavy atom. The standard InChI is InChI=1S/C20H31N5O2S/c1-14-24-16(13-28-14)9-10-22-20(21-2)23-12-17(25(3)4)15-7-8-18(26-5)19(11-15)27-6/h7-8,11,13,17H,9-10,12H2,1-6H3,(H2,21,22,23). The first kappa shape index (κ1) is 22.0. The maximum absolute atomic E-state index is 5.45. The van der Waals surface area contributed by atoms with Crippen LogP contribution < -0.4 is 20.1 Å². The SMILES string of the molecule is CN=C(NCCc1csc(C)n1)NCC(c1ccc(OC)c(OC)c1)N(C)C. The molecule has 1 aromatic carbocycles. The maximum atomic E-state index is 5.45. The van der Waals surface area contributed by atoms with Gasteiger partial charge in [0.1, 0.15) is 0 Å². The minimum atomic E-state index is 0.152. The van der Waals surface area contributed by atoms with E-state index in [1.807, 2.05) is 19.1 Å². The molecule has 0 saturated heterocycles. The largest absolute Gasteiger partial charge is 0.493 e. The Morgan fingerprint density at radius 2 is 1.96 bits per heavy atom. The van der Waals surface area contributed by atoms with Crippen LogP contribution in [0, 0.1) is 6.92 Å². The van der Waals surface area contributed by atoms with Gasteiger partial charge in [0.2, 0.25) is 0 Å². The van der Waals surface area contributed by atoms with Gasteiger partial charge in [0.15, 0.2) is 17.5 Å². The molecule has 1 atom stereocenters. The lowest BCUT2D eigenvalue weighted by molar-refractivity contribution is 0.295. The summed E-state index contributed by atoms with van der Waals surface area (Å²) in [6.07, 6.45) is 0.873. The molecule has 28 heavy (non-hydrogen) atoms. The van der Waals surface area contributed by atoms with Crippen LogP contribution in [0.1, 0.15) is 22.3 Å². The number of nitrogens with zero attached hydrogens (tertiary/aromatic N) is 3.